The third-order valence-corrected chi connectivity index (χ3v) is 1.90. The van der Waals surface area contributed by atoms with E-state index < -0.39 is 0 Å². The van der Waals surface area contributed by atoms with E-state index in [9.17, 15) is 9.81 Å². The normalized spacial score (nSPS) is 9.20. The highest BCUT2D eigenvalue weighted by atomic mass is 32.1. The molecule has 5 heteroatoms. The molecule has 0 amide bonds. The van der Waals surface area contributed by atoms with Gasteiger partial charge in [-0.05, 0) is 17.3 Å². The number of nitrogens with zero attached hydrogens (tertiary/aromatic N) is 2. The Kier molecular flexibility index (Phi) is 2.22. The maximum Gasteiger partial charge on any atom is 0.161 e. The van der Waals surface area contributed by atoms with Gasteiger partial charge in [-0.25, -0.2) is 0 Å². The van der Waals surface area contributed by atoms with Crippen LogP contribution in [-0.4, -0.2) is 0 Å². The van der Waals surface area contributed by atoms with Gasteiger partial charge in [0.15, 0.2) is 5.00 Å². The second-order valence-electron chi connectivity index (χ2n) is 1.62. The topological polar surface area (TPSA) is 58.9 Å². The number of hydrogen-bond donors (Lipinski definition) is 0. The van der Waals surface area contributed by atoms with Crippen molar-refractivity contribution in [2.24, 2.45) is 10.4 Å². The van der Waals surface area contributed by atoms with E-state index >= 15 is 0 Å². The van der Waals surface area contributed by atoms with Crippen LogP contribution in [0.15, 0.2) is 22.5 Å². The second-order valence-corrected chi connectivity index (χ2v) is 2.77. The van der Waals surface area contributed by atoms with Gasteiger partial charge < -0.3 is 0 Å². The van der Waals surface area contributed by atoms with Gasteiger partial charge in [0.25, 0.3) is 0 Å². The van der Waals surface area contributed by atoms with Crippen molar-refractivity contribution >= 4 is 16.3 Å². The molecule has 0 atom stereocenters. The largest absolute Gasteiger partial charge is 0.161 e. The molecule has 1 rings (SSSR count). The lowest BCUT2D eigenvalue weighted by atomic mass is 10.5. The highest BCUT2D eigenvalue weighted by Gasteiger charge is 1.97. The minimum Gasteiger partial charge on any atom is -0.150 e. The molecule has 0 bridgehead atoms. The van der Waals surface area contributed by atoms with E-state index in [1.807, 2.05) is 0 Å². The van der Waals surface area contributed by atoms with Gasteiger partial charge in [-0.2, -0.15) is 4.91 Å². The Labute approximate surface area is 60.8 Å². The first-order valence-electron chi connectivity index (χ1n) is 2.58. The molecule has 1 aromatic heterocycles. The van der Waals surface area contributed by atoms with Crippen molar-refractivity contribution in [3.63, 3.8) is 0 Å². The first-order valence-corrected chi connectivity index (χ1v) is 3.39. The lowest BCUT2D eigenvalue weighted by molar-refractivity contribution is 1.09. The van der Waals surface area contributed by atoms with Crippen LogP contribution in [0.4, 0.5) is 5.00 Å². The second kappa shape index (κ2) is 3.17. The summed E-state index contributed by atoms with van der Waals surface area (Å²) < 4.78 is 0. The summed E-state index contributed by atoms with van der Waals surface area (Å²) in [5.74, 6) is 0. The zero-order valence-electron chi connectivity index (χ0n) is 4.98. The van der Waals surface area contributed by atoms with Crippen LogP contribution in [0.1, 0.15) is 4.88 Å². The zero-order chi connectivity index (χ0) is 7.40. The summed E-state index contributed by atoms with van der Waals surface area (Å²) in [6, 6.07) is 3.24. The van der Waals surface area contributed by atoms with Gasteiger partial charge in [0, 0.05) is 4.88 Å². The van der Waals surface area contributed by atoms with Gasteiger partial charge in [0.1, 0.15) is 6.54 Å². The van der Waals surface area contributed by atoms with Crippen molar-refractivity contribution in [1.82, 2.24) is 0 Å². The molecule has 4 nitrogen and oxygen atoms in total. The van der Waals surface area contributed by atoms with Crippen LogP contribution in [0.5, 0.6) is 0 Å². The van der Waals surface area contributed by atoms with Gasteiger partial charge in [-0.3, -0.25) is 0 Å². The average molecular weight is 156 g/mol. The highest BCUT2D eigenvalue weighted by Crippen LogP contribution is 2.24. The molecule has 0 spiro atoms. The van der Waals surface area contributed by atoms with Crippen molar-refractivity contribution in [2.75, 3.05) is 0 Å². The van der Waals surface area contributed by atoms with Gasteiger partial charge in [-0.15, -0.1) is 16.2 Å². The lowest BCUT2D eigenvalue weighted by Gasteiger charge is -1.78. The SMILES string of the molecule is O=NCc1ccc(N=O)s1. The smallest absolute Gasteiger partial charge is 0.150 e. The van der Waals surface area contributed by atoms with E-state index in [1.165, 1.54) is 11.3 Å². The summed E-state index contributed by atoms with van der Waals surface area (Å²) in [6.07, 6.45) is 0. The standard InChI is InChI=1S/C5H4N2O2S/c8-6-3-4-1-2-5(7-9)10-4/h1-2H,3H2. The minimum atomic E-state index is 0.125. The quantitative estimate of drug-likeness (QED) is 0.631. The molecule has 0 saturated heterocycles. The molecular formula is C5H4N2O2S. The Morgan fingerprint density at radius 3 is 2.70 bits per heavy atom. The summed E-state index contributed by atoms with van der Waals surface area (Å²) in [6.45, 7) is 0.125. The molecule has 0 aliphatic heterocycles. The summed E-state index contributed by atoms with van der Waals surface area (Å²) in [4.78, 5) is 20.4. The molecule has 0 unspecified atom stereocenters. The predicted octanol–water partition coefficient (Wildman–Crippen LogP) is 2.41. The number of hydrogen-bond acceptors (Lipinski definition) is 5. The van der Waals surface area contributed by atoms with Crippen LogP contribution < -0.4 is 0 Å². The van der Waals surface area contributed by atoms with Crippen molar-refractivity contribution in [3.8, 4) is 0 Å². The van der Waals surface area contributed by atoms with Crippen molar-refractivity contribution < 1.29 is 0 Å². The molecule has 52 valence electrons. The molecule has 0 aliphatic rings. The minimum absolute atomic E-state index is 0.125. The number of nitroso groups, excluding NO2 is 2. The molecule has 0 aliphatic carbocycles. The predicted molar refractivity (Wildman–Crippen MR) is 39.3 cm³/mol. The number of rotatable bonds is 3. The van der Waals surface area contributed by atoms with Crippen LogP contribution >= 0.6 is 11.3 Å². The zero-order valence-corrected chi connectivity index (χ0v) is 5.80. The molecule has 1 heterocycles. The van der Waals surface area contributed by atoms with Gasteiger partial charge in [0.2, 0.25) is 0 Å². The molecule has 0 saturated carbocycles. The molecule has 1 aromatic rings. The van der Waals surface area contributed by atoms with E-state index in [0.29, 0.717) is 5.00 Å². The van der Waals surface area contributed by atoms with E-state index in [-0.39, 0.29) is 6.54 Å². The van der Waals surface area contributed by atoms with Gasteiger partial charge in [-0.1, -0.05) is 5.18 Å². The van der Waals surface area contributed by atoms with Crippen LogP contribution in [0.3, 0.4) is 0 Å². The first-order chi connectivity index (χ1) is 4.86. The third-order valence-electron chi connectivity index (χ3n) is 0.958. The van der Waals surface area contributed by atoms with Crippen molar-refractivity contribution in [2.45, 2.75) is 6.54 Å². The highest BCUT2D eigenvalue weighted by molar-refractivity contribution is 7.15. The summed E-state index contributed by atoms with van der Waals surface area (Å²) in [5, 5.41) is 5.76. The molecular weight excluding hydrogens is 152 g/mol. The molecule has 0 radical (unpaired) electrons. The average Bonchev–Trinajstić information content (AvgIpc) is 2.37. The first kappa shape index (κ1) is 7.01. The van der Waals surface area contributed by atoms with E-state index in [4.69, 9.17) is 0 Å². The Hall–Kier alpha value is -1.10. The Bertz CT molecular complexity index is 246. The summed E-state index contributed by atoms with van der Waals surface area (Å²) >= 11 is 1.18. The fourth-order valence-electron chi connectivity index (χ4n) is 0.564. The fraction of sp³-hybridized carbons (Fsp3) is 0.200. The van der Waals surface area contributed by atoms with Crippen molar-refractivity contribution in [1.29, 1.82) is 0 Å². The lowest BCUT2D eigenvalue weighted by Crippen LogP contribution is -1.66. The Morgan fingerprint density at radius 1 is 1.40 bits per heavy atom. The molecule has 0 fully saturated rings. The van der Waals surface area contributed by atoms with E-state index in [2.05, 4.69) is 10.4 Å². The van der Waals surface area contributed by atoms with Crippen LogP contribution in [0.25, 0.3) is 0 Å². The van der Waals surface area contributed by atoms with Crippen LogP contribution in [0.2, 0.25) is 0 Å². The van der Waals surface area contributed by atoms with Gasteiger partial charge in [0.05, 0.1) is 0 Å². The van der Waals surface area contributed by atoms with Crippen LogP contribution in [0, 0.1) is 9.81 Å². The third kappa shape index (κ3) is 1.44. The molecule has 0 N–H and O–H groups in total. The van der Waals surface area contributed by atoms with E-state index in [0.717, 1.165) is 4.88 Å². The maximum atomic E-state index is 9.88. The van der Waals surface area contributed by atoms with E-state index in [1.54, 1.807) is 12.1 Å². The monoisotopic (exact) mass is 156 g/mol. The maximum absolute atomic E-state index is 9.88. The summed E-state index contributed by atoms with van der Waals surface area (Å²) in [7, 11) is 0. The number of thiophene rings is 1. The molecule has 0 aromatic carbocycles. The van der Waals surface area contributed by atoms with Crippen LogP contribution in [-0.2, 0) is 6.54 Å². The van der Waals surface area contributed by atoms with Crippen molar-refractivity contribution in [3.05, 3.63) is 26.8 Å². The Balaban J connectivity index is 2.77. The fourth-order valence-corrected chi connectivity index (χ4v) is 1.26. The summed E-state index contributed by atoms with van der Waals surface area (Å²) in [5.41, 5.74) is 0. The van der Waals surface area contributed by atoms with Gasteiger partial charge >= 0.3 is 0 Å². The molecule has 10 heavy (non-hydrogen) atoms. The Morgan fingerprint density at radius 2 is 2.20 bits per heavy atom.